The van der Waals surface area contributed by atoms with Crippen LogP contribution in [0.1, 0.15) is 33.6 Å². The first-order valence-electron chi connectivity index (χ1n) is 6.60. The average Bonchev–Trinajstić information content (AvgIpc) is 2.36. The number of aliphatic carboxylic acids is 1. The van der Waals surface area contributed by atoms with Crippen LogP contribution in [-0.2, 0) is 4.79 Å². The predicted octanol–water partition coefficient (Wildman–Crippen LogP) is 0.994. The summed E-state index contributed by atoms with van der Waals surface area (Å²) in [6, 6.07) is -1.11. The van der Waals surface area contributed by atoms with Crippen LogP contribution in [0, 0.1) is 5.92 Å². The quantitative estimate of drug-likeness (QED) is 0.803. The van der Waals surface area contributed by atoms with E-state index < -0.39 is 17.6 Å². The molecule has 1 fully saturated rings. The number of rotatable bonds is 3. The zero-order chi connectivity index (χ0) is 14.8. The SMILES string of the molecule is CC1CCCN(C(=O)N(C)C(C)(C)CO)C1C(=O)O. The van der Waals surface area contributed by atoms with E-state index in [1.807, 2.05) is 6.92 Å². The van der Waals surface area contributed by atoms with Crippen LogP contribution in [0.2, 0.25) is 0 Å². The van der Waals surface area contributed by atoms with Crippen molar-refractivity contribution >= 4 is 12.0 Å². The molecular formula is C13H24N2O4. The Morgan fingerprint density at radius 3 is 2.47 bits per heavy atom. The van der Waals surface area contributed by atoms with Crippen molar-refractivity contribution in [3.63, 3.8) is 0 Å². The molecule has 6 heteroatoms. The first kappa shape index (κ1) is 15.8. The van der Waals surface area contributed by atoms with Gasteiger partial charge in [-0.1, -0.05) is 6.92 Å². The maximum absolute atomic E-state index is 12.4. The molecule has 1 aliphatic rings. The van der Waals surface area contributed by atoms with E-state index in [0.29, 0.717) is 6.54 Å². The van der Waals surface area contributed by atoms with E-state index in [0.717, 1.165) is 12.8 Å². The van der Waals surface area contributed by atoms with Gasteiger partial charge in [-0.15, -0.1) is 0 Å². The minimum absolute atomic E-state index is 0.0548. The number of carbonyl (C=O) groups excluding carboxylic acids is 1. The normalized spacial score (nSPS) is 24.2. The van der Waals surface area contributed by atoms with Crippen LogP contribution in [0.4, 0.5) is 4.79 Å². The summed E-state index contributed by atoms with van der Waals surface area (Å²) < 4.78 is 0. The Hall–Kier alpha value is -1.30. The third-order valence-corrected chi connectivity index (χ3v) is 4.01. The summed E-state index contributed by atoms with van der Waals surface area (Å²) in [7, 11) is 1.59. The lowest BCUT2D eigenvalue weighted by Crippen LogP contribution is -2.59. The number of hydrogen-bond acceptors (Lipinski definition) is 3. The maximum atomic E-state index is 12.4. The summed E-state index contributed by atoms with van der Waals surface area (Å²) in [4.78, 5) is 26.6. The van der Waals surface area contributed by atoms with E-state index in [9.17, 15) is 19.8 Å². The molecule has 1 rings (SSSR count). The number of hydrogen-bond donors (Lipinski definition) is 2. The highest BCUT2D eigenvalue weighted by Gasteiger charge is 2.40. The topological polar surface area (TPSA) is 81.1 Å². The number of nitrogens with zero attached hydrogens (tertiary/aromatic N) is 2. The number of likely N-dealkylation sites (N-methyl/N-ethyl adjacent to an activating group) is 1. The van der Waals surface area contributed by atoms with E-state index in [1.165, 1.54) is 9.80 Å². The molecule has 1 saturated heterocycles. The van der Waals surface area contributed by atoms with Crippen LogP contribution in [-0.4, -0.2) is 63.8 Å². The number of amides is 2. The molecule has 0 aliphatic carbocycles. The summed E-state index contributed by atoms with van der Waals surface area (Å²) in [5.74, 6) is -1.02. The van der Waals surface area contributed by atoms with Crippen LogP contribution in [0.15, 0.2) is 0 Å². The lowest BCUT2D eigenvalue weighted by Gasteiger charge is -2.43. The van der Waals surface area contributed by atoms with Gasteiger partial charge in [0.25, 0.3) is 0 Å². The van der Waals surface area contributed by atoms with Crippen molar-refractivity contribution in [1.29, 1.82) is 0 Å². The molecule has 110 valence electrons. The van der Waals surface area contributed by atoms with E-state index >= 15 is 0 Å². The Balaban J connectivity index is 2.93. The number of carboxylic acids is 1. The fourth-order valence-electron chi connectivity index (χ4n) is 2.34. The molecule has 0 spiro atoms. The number of aliphatic hydroxyl groups is 1. The number of urea groups is 1. The number of aliphatic hydroxyl groups excluding tert-OH is 1. The molecule has 0 aromatic rings. The summed E-state index contributed by atoms with van der Waals surface area (Å²) in [6.45, 7) is 5.62. The fourth-order valence-corrected chi connectivity index (χ4v) is 2.34. The number of likely N-dealkylation sites (tertiary alicyclic amines) is 1. The van der Waals surface area contributed by atoms with Crippen LogP contribution in [0.25, 0.3) is 0 Å². The Bertz CT molecular complexity index is 357. The molecular weight excluding hydrogens is 248 g/mol. The summed E-state index contributed by atoms with van der Waals surface area (Å²) >= 11 is 0. The van der Waals surface area contributed by atoms with Crippen molar-refractivity contribution in [1.82, 2.24) is 9.80 Å². The molecule has 0 radical (unpaired) electrons. The average molecular weight is 272 g/mol. The first-order valence-corrected chi connectivity index (χ1v) is 6.60. The number of piperidine rings is 1. The Morgan fingerprint density at radius 1 is 1.42 bits per heavy atom. The highest BCUT2D eigenvalue weighted by Crippen LogP contribution is 2.26. The molecule has 0 saturated carbocycles. The Labute approximate surface area is 114 Å². The van der Waals surface area contributed by atoms with Crippen LogP contribution >= 0.6 is 0 Å². The van der Waals surface area contributed by atoms with Gasteiger partial charge in [0.05, 0.1) is 12.1 Å². The summed E-state index contributed by atoms with van der Waals surface area (Å²) in [5, 5.41) is 18.6. The molecule has 1 aliphatic heterocycles. The van der Waals surface area contributed by atoms with Crippen molar-refractivity contribution in [2.75, 3.05) is 20.2 Å². The van der Waals surface area contributed by atoms with Crippen LogP contribution in [0.3, 0.4) is 0 Å². The van der Waals surface area contributed by atoms with E-state index in [1.54, 1.807) is 20.9 Å². The van der Waals surface area contributed by atoms with Gasteiger partial charge in [-0.25, -0.2) is 9.59 Å². The monoisotopic (exact) mass is 272 g/mol. The Kier molecular flexibility index (Phi) is 4.79. The standard InChI is InChI=1S/C13H24N2O4/c1-9-6-5-7-15(10(9)11(17)18)12(19)14(4)13(2,3)8-16/h9-10,16H,5-8H2,1-4H3,(H,17,18). The van der Waals surface area contributed by atoms with Crippen molar-refractivity contribution in [2.45, 2.75) is 45.2 Å². The largest absolute Gasteiger partial charge is 0.480 e. The number of carbonyl (C=O) groups is 2. The second-order valence-electron chi connectivity index (χ2n) is 5.91. The molecule has 19 heavy (non-hydrogen) atoms. The van der Waals surface area contributed by atoms with E-state index in [4.69, 9.17) is 0 Å². The molecule has 0 aromatic heterocycles. The van der Waals surface area contributed by atoms with Crippen molar-refractivity contribution in [2.24, 2.45) is 5.92 Å². The molecule has 2 amide bonds. The van der Waals surface area contributed by atoms with Gasteiger partial charge in [0.1, 0.15) is 6.04 Å². The molecule has 6 nitrogen and oxygen atoms in total. The van der Waals surface area contributed by atoms with Crippen molar-refractivity contribution < 1.29 is 19.8 Å². The van der Waals surface area contributed by atoms with E-state index in [2.05, 4.69) is 0 Å². The second-order valence-corrected chi connectivity index (χ2v) is 5.91. The van der Waals surface area contributed by atoms with Gasteiger partial charge in [-0.2, -0.15) is 0 Å². The maximum Gasteiger partial charge on any atom is 0.326 e. The van der Waals surface area contributed by atoms with Crippen molar-refractivity contribution in [3.8, 4) is 0 Å². The summed E-state index contributed by atoms with van der Waals surface area (Å²) in [5.41, 5.74) is -0.708. The summed E-state index contributed by atoms with van der Waals surface area (Å²) in [6.07, 6.45) is 1.62. The highest BCUT2D eigenvalue weighted by atomic mass is 16.4. The smallest absolute Gasteiger partial charge is 0.326 e. The Morgan fingerprint density at radius 2 is 2.00 bits per heavy atom. The van der Waals surface area contributed by atoms with Crippen LogP contribution < -0.4 is 0 Å². The zero-order valence-corrected chi connectivity index (χ0v) is 12.1. The lowest BCUT2D eigenvalue weighted by atomic mass is 9.91. The minimum Gasteiger partial charge on any atom is -0.480 e. The van der Waals surface area contributed by atoms with Gasteiger partial charge in [0, 0.05) is 13.6 Å². The van der Waals surface area contributed by atoms with Crippen molar-refractivity contribution in [3.05, 3.63) is 0 Å². The van der Waals surface area contributed by atoms with Gasteiger partial charge >= 0.3 is 12.0 Å². The lowest BCUT2D eigenvalue weighted by molar-refractivity contribution is -0.145. The van der Waals surface area contributed by atoms with Gasteiger partial charge < -0.3 is 20.0 Å². The van der Waals surface area contributed by atoms with Gasteiger partial charge in [-0.05, 0) is 32.6 Å². The zero-order valence-electron chi connectivity index (χ0n) is 12.1. The van der Waals surface area contributed by atoms with Gasteiger partial charge in [0.2, 0.25) is 0 Å². The van der Waals surface area contributed by atoms with E-state index in [-0.39, 0.29) is 18.6 Å². The first-order chi connectivity index (χ1) is 8.72. The third-order valence-electron chi connectivity index (χ3n) is 4.01. The molecule has 0 aromatic carbocycles. The molecule has 1 heterocycles. The molecule has 2 unspecified atom stereocenters. The molecule has 2 N–H and O–H groups in total. The minimum atomic E-state index is -0.962. The fraction of sp³-hybridized carbons (Fsp3) is 0.846. The number of carboxylic acid groups (broad SMARTS) is 1. The second kappa shape index (κ2) is 5.77. The molecule has 2 atom stereocenters. The third kappa shape index (κ3) is 3.18. The highest BCUT2D eigenvalue weighted by molar-refractivity contribution is 5.83. The van der Waals surface area contributed by atoms with Gasteiger partial charge in [-0.3, -0.25) is 0 Å². The molecule has 0 bridgehead atoms. The van der Waals surface area contributed by atoms with Gasteiger partial charge in [0.15, 0.2) is 0 Å². The van der Waals surface area contributed by atoms with Crippen LogP contribution in [0.5, 0.6) is 0 Å². The predicted molar refractivity (Wildman–Crippen MR) is 70.9 cm³/mol.